The van der Waals surface area contributed by atoms with Crippen LogP contribution in [0.1, 0.15) is 12.0 Å². The van der Waals surface area contributed by atoms with Gasteiger partial charge in [-0.3, -0.25) is 0 Å². The van der Waals surface area contributed by atoms with E-state index in [4.69, 9.17) is 14.6 Å². The largest absolute Gasteiger partial charge is 0.489 e. The van der Waals surface area contributed by atoms with Crippen LogP contribution in [0, 0.1) is 17.7 Å². The summed E-state index contributed by atoms with van der Waals surface area (Å²) < 4.78 is 24.6. The van der Waals surface area contributed by atoms with E-state index < -0.39 is 0 Å². The van der Waals surface area contributed by atoms with Crippen LogP contribution in [-0.4, -0.2) is 56.1 Å². The summed E-state index contributed by atoms with van der Waals surface area (Å²) in [5, 5.41) is 8.74. The van der Waals surface area contributed by atoms with Crippen LogP contribution in [-0.2, 0) is 4.74 Å². The van der Waals surface area contributed by atoms with Crippen LogP contribution in [0.15, 0.2) is 18.2 Å². The summed E-state index contributed by atoms with van der Waals surface area (Å²) in [6.07, 6.45) is 0.359. The smallest absolute Gasteiger partial charge is 0.137 e. The fraction of sp³-hybridized carbons (Fsp3) is 0.500. The number of nitrogens with zero attached hydrogens (tertiary/aromatic N) is 1. The molecule has 0 spiro atoms. The van der Waals surface area contributed by atoms with Gasteiger partial charge in [0.15, 0.2) is 0 Å². The van der Waals surface area contributed by atoms with E-state index >= 15 is 0 Å². The van der Waals surface area contributed by atoms with E-state index in [0.717, 1.165) is 13.1 Å². The lowest BCUT2D eigenvalue weighted by Crippen LogP contribution is -2.42. The molecule has 0 radical (unpaired) electrons. The van der Waals surface area contributed by atoms with Crippen molar-refractivity contribution in [1.82, 2.24) is 4.90 Å². The Bertz CT molecular complexity index is 524. The highest BCUT2D eigenvalue weighted by Gasteiger charge is 2.18. The topological polar surface area (TPSA) is 41.9 Å². The van der Waals surface area contributed by atoms with Crippen LogP contribution in [0.3, 0.4) is 0 Å². The van der Waals surface area contributed by atoms with E-state index in [2.05, 4.69) is 16.7 Å². The van der Waals surface area contributed by atoms with Gasteiger partial charge >= 0.3 is 0 Å². The number of aliphatic hydroxyl groups excluding tert-OH is 1. The maximum atomic E-state index is 13.4. The number of rotatable bonds is 4. The van der Waals surface area contributed by atoms with Crippen molar-refractivity contribution in [2.75, 3.05) is 40.0 Å². The molecule has 1 saturated heterocycles. The molecule has 0 bridgehead atoms. The summed E-state index contributed by atoms with van der Waals surface area (Å²) >= 11 is 0. The van der Waals surface area contributed by atoms with Crippen molar-refractivity contribution in [2.24, 2.45) is 0 Å². The Morgan fingerprint density at radius 2 is 2.38 bits per heavy atom. The summed E-state index contributed by atoms with van der Waals surface area (Å²) in [5.41, 5.74) is 0.619. The number of hydrogen-bond acceptors (Lipinski definition) is 4. The lowest BCUT2D eigenvalue weighted by molar-refractivity contribution is -0.0404. The summed E-state index contributed by atoms with van der Waals surface area (Å²) in [4.78, 5) is 2.17. The van der Waals surface area contributed by atoms with Crippen LogP contribution in [0.5, 0.6) is 5.75 Å². The molecular formula is C16H20FNO3. The van der Waals surface area contributed by atoms with Gasteiger partial charge in [-0.2, -0.15) is 0 Å². The summed E-state index contributed by atoms with van der Waals surface area (Å²) in [5.74, 6) is 5.75. The fourth-order valence-electron chi connectivity index (χ4n) is 2.08. The van der Waals surface area contributed by atoms with Crippen molar-refractivity contribution in [3.8, 4) is 17.6 Å². The van der Waals surface area contributed by atoms with Gasteiger partial charge in [0, 0.05) is 25.6 Å². The fourth-order valence-corrected chi connectivity index (χ4v) is 2.08. The Labute approximate surface area is 124 Å². The van der Waals surface area contributed by atoms with Crippen LogP contribution in [0.2, 0.25) is 0 Å². The van der Waals surface area contributed by atoms with Crippen molar-refractivity contribution in [3.63, 3.8) is 0 Å². The third-order valence-electron chi connectivity index (χ3n) is 3.17. The lowest BCUT2D eigenvalue weighted by atomic mass is 10.2. The molecule has 114 valence electrons. The maximum absolute atomic E-state index is 13.4. The van der Waals surface area contributed by atoms with Crippen molar-refractivity contribution in [1.29, 1.82) is 0 Å². The molecular weight excluding hydrogens is 273 g/mol. The van der Waals surface area contributed by atoms with E-state index in [1.165, 1.54) is 12.1 Å². The van der Waals surface area contributed by atoms with Gasteiger partial charge in [0.25, 0.3) is 0 Å². The molecule has 5 heteroatoms. The maximum Gasteiger partial charge on any atom is 0.137 e. The summed E-state index contributed by atoms with van der Waals surface area (Å²) in [6, 6.07) is 4.26. The zero-order chi connectivity index (χ0) is 15.1. The Morgan fingerprint density at radius 3 is 3.14 bits per heavy atom. The number of hydrogen-bond donors (Lipinski definition) is 1. The van der Waals surface area contributed by atoms with Gasteiger partial charge in [-0.15, -0.1) is 0 Å². The number of aliphatic hydroxyl groups is 1. The third kappa shape index (κ3) is 5.01. The van der Waals surface area contributed by atoms with Gasteiger partial charge in [-0.05, 0) is 19.2 Å². The SMILES string of the molecule is CN1CCOC(COc2cc(F)ccc2C#CCCO)C1. The van der Waals surface area contributed by atoms with Crippen molar-refractivity contribution in [2.45, 2.75) is 12.5 Å². The highest BCUT2D eigenvalue weighted by Crippen LogP contribution is 2.20. The lowest BCUT2D eigenvalue weighted by Gasteiger charge is -2.29. The molecule has 0 aliphatic carbocycles. The molecule has 1 unspecified atom stereocenters. The average molecular weight is 293 g/mol. The highest BCUT2D eigenvalue weighted by atomic mass is 19.1. The molecule has 1 atom stereocenters. The van der Waals surface area contributed by atoms with E-state index in [0.29, 0.717) is 30.9 Å². The van der Waals surface area contributed by atoms with Crippen molar-refractivity contribution < 1.29 is 19.0 Å². The molecule has 1 aliphatic rings. The summed E-state index contributed by atoms with van der Waals surface area (Å²) in [6.45, 7) is 2.75. The number of morpholine rings is 1. The Kier molecular flexibility index (Phi) is 6.00. The first kappa shape index (κ1) is 15.8. The first-order valence-electron chi connectivity index (χ1n) is 7.01. The van der Waals surface area contributed by atoms with Crippen molar-refractivity contribution >= 4 is 0 Å². The highest BCUT2D eigenvalue weighted by molar-refractivity contribution is 5.46. The molecule has 1 aromatic carbocycles. The minimum atomic E-state index is -0.362. The van der Waals surface area contributed by atoms with E-state index in [-0.39, 0.29) is 18.5 Å². The first-order chi connectivity index (χ1) is 10.2. The predicted molar refractivity (Wildman–Crippen MR) is 77.7 cm³/mol. The second kappa shape index (κ2) is 7.99. The first-order valence-corrected chi connectivity index (χ1v) is 7.01. The van der Waals surface area contributed by atoms with Crippen molar-refractivity contribution in [3.05, 3.63) is 29.6 Å². The number of halogens is 1. The zero-order valence-electron chi connectivity index (χ0n) is 12.1. The van der Waals surface area contributed by atoms with Gasteiger partial charge in [-0.25, -0.2) is 4.39 Å². The van der Waals surface area contributed by atoms with E-state index in [1.807, 2.05) is 7.05 Å². The number of benzene rings is 1. The number of likely N-dealkylation sites (N-methyl/N-ethyl adjacent to an activating group) is 1. The normalized spacial score (nSPS) is 18.9. The molecule has 1 fully saturated rings. The predicted octanol–water partition coefficient (Wildman–Crippen LogP) is 1.27. The third-order valence-corrected chi connectivity index (χ3v) is 3.17. The molecule has 1 aromatic rings. The minimum absolute atomic E-state index is 0.00658. The second-order valence-electron chi connectivity index (χ2n) is 4.98. The van der Waals surface area contributed by atoms with E-state index in [1.54, 1.807) is 6.07 Å². The van der Waals surface area contributed by atoms with Gasteiger partial charge in [-0.1, -0.05) is 11.8 Å². The average Bonchev–Trinajstić information content (AvgIpc) is 2.47. The minimum Gasteiger partial charge on any atom is -0.489 e. The second-order valence-corrected chi connectivity index (χ2v) is 4.98. The Hall–Kier alpha value is -1.61. The van der Waals surface area contributed by atoms with E-state index in [9.17, 15) is 4.39 Å². The van der Waals surface area contributed by atoms with Crippen LogP contribution in [0.25, 0.3) is 0 Å². The molecule has 1 aliphatic heterocycles. The molecule has 0 amide bonds. The molecule has 21 heavy (non-hydrogen) atoms. The molecule has 1 N–H and O–H groups in total. The quantitative estimate of drug-likeness (QED) is 0.849. The Morgan fingerprint density at radius 1 is 1.52 bits per heavy atom. The monoisotopic (exact) mass is 293 g/mol. The number of ether oxygens (including phenoxy) is 2. The molecule has 2 rings (SSSR count). The van der Waals surface area contributed by atoms with Crippen LogP contribution < -0.4 is 4.74 Å². The molecule has 0 aromatic heterocycles. The van der Waals surface area contributed by atoms with Gasteiger partial charge in [0.1, 0.15) is 24.3 Å². The Balaban J connectivity index is 2.01. The molecule has 1 heterocycles. The van der Waals surface area contributed by atoms with Gasteiger partial charge in [0.2, 0.25) is 0 Å². The summed E-state index contributed by atoms with van der Waals surface area (Å²) in [7, 11) is 2.03. The zero-order valence-corrected chi connectivity index (χ0v) is 12.1. The molecule has 0 saturated carbocycles. The molecule has 4 nitrogen and oxygen atoms in total. The van der Waals surface area contributed by atoms with Gasteiger partial charge in [0.05, 0.1) is 18.8 Å². The van der Waals surface area contributed by atoms with Crippen LogP contribution >= 0.6 is 0 Å². The van der Waals surface area contributed by atoms with Gasteiger partial charge < -0.3 is 19.5 Å². The standard InChI is InChI=1S/C16H20FNO3/c1-18-7-9-20-15(11-18)12-21-16-10-14(17)6-5-13(16)4-2-3-8-19/h5-6,10,15,19H,3,7-9,11-12H2,1H3. The van der Waals surface area contributed by atoms with Crippen LogP contribution in [0.4, 0.5) is 4.39 Å².